The zero-order chi connectivity index (χ0) is 15.2. The van der Waals surface area contributed by atoms with Crippen LogP contribution in [0.25, 0.3) is 0 Å². The normalized spacial score (nSPS) is 28.8. The Morgan fingerprint density at radius 3 is 2.67 bits per heavy atom. The minimum Gasteiger partial charge on any atom is -0.382 e. The number of likely N-dealkylation sites (tertiary alicyclic amines) is 1. The highest BCUT2D eigenvalue weighted by atomic mass is 16.5. The molecule has 2 rings (SSSR count). The van der Waals surface area contributed by atoms with Crippen molar-refractivity contribution in [2.45, 2.75) is 26.0 Å². The van der Waals surface area contributed by atoms with Gasteiger partial charge in [-0.25, -0.2) is 0 Å². The van der Waals surface area contributed by atoms with Crippen molar-refractivity contribution in [3.63, 3.8) is 0 Å². The SMILES string of the molecule is COCCO[C@H](C)C(=O)N1C[C@H](C)[C@@H](N2CCOCC2)C1. The summed E-state index contributed by atoms with van der Waals surface area (Å²) in [5.41, 5.74) is 0. The molecule has 0 saturated carbocycles. The second-order valence-corrected chi connectivity index (χ2v) is 5.94. The van der Waals surface area contributed by atoms with Crippen LogP contribution in [0.5, 0.6) is 0 Å². The minimum absolute atomic E-state index is 0.0914. The van der Waals surface area contributed by atoms with Gasteiger partial charge in [-0.05, 0) is 12.8 Å². The first-order valence-electron chi connectivity index (χ1n) is 7.84. The summed E-state index contributed by atoms with van der Waals surface area (Å²) in [7, 11) is 1.63. The molecule has 0 aromatic rings. The second-order valence-electron chi connectivity index (χ2n) is 5.94. The highest BCUT2D eigenvalue weighted by Crippen LogP contribution is 2.23. The third-order valence-corrected chi connectivity index (χ3v) is 4.40. The monoisotopic (exact) mass is 300 g/mol. The number of rotatable bonds is 6. The fourth-order valence-electron chi connectivity index (χ4n) is 3.15. The third kappa shape index (κ3) is 4.39. The van der Waals surface area contributed by atoms with Gasteiger partial charge in [0.1, 0.15) is 6.10 Å². The van der Waals surface area contributed by atoms with Gasteiger partial charge in [0.15, 0.2) is 0 Å². The van der Waals surface area contributed by atoms with Crippen molar-refractivity contribution in [1.82, 2.24) is 9.80 Å². The van der Waals surface area contributed by atoms with Crippen LogP contribution >= 0.6 is 0 Å². The summed E-state index contributed by atoms with van der Waals surface area (Å²) >= 11 is 0. The number of nitrogens with zero attached hydrogens (tertiary/aromatic N) is 2. The van der Waals surface area contributed by atoms with Crippen molar-refractivity contribution in [2.75, 3.05) is 59.7 Å². The van der Waals surface area contributed by atoms with E-state index < -0.39 is 6.10 Å². The number of hydrogen-bond donors (Lipinski definition) is 0. The molecule has 6 nitrogen and oxygen atoms in total. The average Bonchev–Trinajstić information content (AvgIpc) is 2.89. The summed E-state index contributed by atoms with van der Waals surface area (Å²) in [5, 5.41) is 0. The molecule has 0 spiro atoms. The van der Waals surface area contributed by atoms with Crippen molar-refractivity contribution < 1.29 is 19.0 Å². The molecule has 0 aromatic heterocycles. The minimum atomic E-state index is -0.393. The molecule has 1 amide bonds. The van der Waals surface area contributed by atoms with E-state index in [1.54, 1.807) is 7.11 Å². The van der Waals surface area contributed by atoms with Crippen molar-refractivity contribution in [1.29, 1.82) is 0 Å². The maximum Gasteiger partial charge on any atom is 0.251 e. The lowest BCUT2D eigenvalue weighted by atomic mass is 10.0. The van der Waals surface area contributed by atoms with Crippen LogP contribution < -0.4 is 0 Å². The topological polar surface area (TPSA) is 51.2 Å². The van der Waals surface area contributed by atoms with E-state index in [1.165, 1.54) is 0 Å². The first kappa shape index (κ1) is 16.7. The number of morpholine rings is 1. The molecule has 2 saturated heterocycles. The first-order valence-corrected chi connectivity index (χ1v) is 7.84. The molecule has 2 aliphatic heterocycles. The number of amides is 1. The van der Waals surface area contributed by atoms with Crippen molar-refractivity contribution in [3.8, 4) is 0 Å². The molecular weight excluding hydrogens is 272 g/mol. The highest BCUT2D eigenvalue weighted by Gasteiger charge is 2.37. The van der Waals surface area contributed by atoms with Gasteiger partial charge in [0.25, 0.3) is 5.91 Å². The molecule has 3 atom stereocenters. The van der Waals surface area contributed by atoms with Gasteiger partial charge < -0.3 is 19.1 Å². The summed E-state index contributed by atoms with van der Waals surface area (Å²) < 4.78 is 15.9. The Balaban J connectivity index is 1.83. The van der Waals surface area contributed by atoms with Gasteiger partial charge in [-0.2, -0.15) is 0 Å². The third-order valence-electron chi connectivity index (χ3n) is 4.40. The van der Waals surface area contributed by atoms with E-state index in [9.17, 15) is 4.79 Å². The number of hydrogen-bond acceptors (Lipinski definition) is 5. The van der Waals surface area contributed by atoms with Gasteiger partial charge in [-0.3, -0.25) is 9.69 Å². The summed E-state index contributed by atoms with van der Waals surface area (Å²) in [5.74, 6) is 0.590. The van der Waals surface area contributed by atoms with Crippen molar-refractivity contribution in [2.24, 2.45) is 5.92 Å². The van der Waals surface area contributed by atoms with Crippen LogP contribution in [-0.2, 0) is 19.0 Å². The molecule has 0 N–H and O–H groups in total. The second kappa shape index (κ2) is 8.08. The quantitative estimate of drug-likeness (QED) is 0.657. The Labute approximate surface area is 127 Å². The van der Waals surface area contributed by atoms with E-state index in [4.69, 9.17) is 14.2 Å². The van der Waals surface area contributed by atoms with E-state index in [2.05, 4.69) is 11.8 Å². The molecule has 0 radical (unpaired) electrons. The molecule has 122 valence electrons. The van der Waals surface area contributed by atoms with Crippen molar-refractivity contribution >= 4 is 5.91 Å². The van der Waals surface area contributed by atoms with Gasteiger partial charge in [0.05, 0.1) is 26.4 Å². The summed E-state index contributed by atoms with van der Waals surface area (Å²) in [4.78, 5) is 16.8. The molecular formula is C15H28N2O4. The molecule has 21 heavy (non-hydrogen) atoms. The van der Waals surface area contributed by atoms with Crippen LogP contribution in [-0.4, -0.2) is 87.6 Å². The Kier molecular flexibility index (Phi) is 6.41. The van der Waals surface area contributed by atoms with Gasteiger partial charge >= 0.3 is 0 Å². The first-order chi connectivity index (χ1) is 10.1. The zero-order valence-electron chi connectivity index (χ0n) is 13.4. The maximum atomic E-state index is 12.4. The van der Waals surface area contributed by atoms with E-state index in [0.29, 0.717) is 25.2 Å². The van der Waals surface area contributed by atoms with Crippen LogP contribution in [0.2, 0.25) is 0 Å². The molecule has 2 heterocycles. The Hall–Kier alpha value is -0.690. The van der Waals surface area contributed by atoms with E-state index in [-0.39, 0.29) is 5.91 Å². The fourth-order valence-corrected chi connectivity index (χ4v) is 3.15. The molecule has 0 bridgehead atoms. The molecule has 0 aliphatic carbocycles. The lowest BCUT2D eigenvalue weighted by molar-refractivity contribution is -0.142. The lowest BCUT2D eigenvalue weighted by Crippen LogP contribution is -2.47. The van der Waals surface area contributed by atoms with E-state index >= 15 is 0 Å². The lowest BCUT2D eigenvalue weighted by Gasteiger charge is -2.34. The molecule has 2 aliphatic rings. The van der Waals surface area contributed by atoms with Gasteiger partial charge in [0, 0.05) is 39.3 Å². The number of carbonyl (C=O) groups excluding carboxylic acids is 1. The maximum absolute atomic E-state index is 12.4. The van der Waals surface area contributed by atoms with Crippen LogP contribution in [0.4, 0.5) is 0 Å². The van der Waals surface area contributed by atoms with Gasteiger partial charge in [-0.1, -0.05) is 6.92 Å². The van der Waals surface area contributed by atoms with Crippen molar-refractivity contribution in [3.05, 3.63) is 0 Å². The zero-order valence-corrected chi connectivity index (χ0v) is 13.4. The largest absolute Gasteiger partial charge is 0.382 e. The Morgan fingerprint density at radius 2 is 2.00 bits per heavy atom. The summed E-state index contributed by atoms with van der Waals surface area (Å²) in [6.45, 7) is 10.2. The number of carbonyl (C=O) groups is 1. The predicted molar refractivity (Wildman–Crippen MR) is 79.2 cm³/mol. The number of methoxy groups -OCH3 is 1. The van der Waals surface area contributed by atoms with Gasteiger partial charge in [-0.15, -0.1) is 0 Å². The van der Waals surface area contributed by atoms with E-state index in [1.807, 2.05) is 11.8 Å². The summed E-state index contributed by atoms with van der Waals surface area (Å²) in [6, 6.07) is 0.448. The molecule has 2 fully saturated rings. The van der Waals surface area contributed by atoms with Crippen LogP contribution in [0.1, 0.15) is 13.8 Å². The standard InChI is InChI=1S/C15H28N2O4/c1-12-10-17(15(18)13(2)21-9-8-19-3)11-14(12)16-4-6-20-7-5-16/h12-14H,4-11H2,1-3H3/t12-,13+,14-/m0/s1. The smallest absolute Gasteiger partial charge is 0.251 e. The average molecular weight is 300 g/mol. The molecule has 0 aromatic carbocycles. The predicted octanol–water partition coefficient (Wildman–Crippen LogP) is 0.217. The van der Waals surface area contributed by atoms with Crippen LogP contribution in [0.3, 0.4) is 0 Å². The molecule has 6 heteroatoms. The summed E-state index contributed by atoms with van der Waals surface area (Å²) in [6.07, 6.45) is -0.393. The Morgan fingerprint density at radius 1 is 1.29 bits per heavy atom. The molecule has 0 unspecified atom stereocenters. The highest BCUT2D eigenvalue weighted by molar-refractivity contribution is 5.80. The Bertz CT molecular complexity index is 334. The van der Waals surface area contributed by atoms with Crippen LogP contribution in [0, 0.1) is 5.92 Å². The fraction of sp³-hybridized carbons (Fsp3) is 0.933. The number of ether oxygens (including phenoxy) is 3. The van der Waals surface area contributed by atoms with Crippen LogP contribution in [0.15, 0.2) is 0 Å². The van der Waals surface area contributed by atoms with E-state index in [0.717, 1.165) is 39.4 Å². The van der Waals surface area contributed by atoms with Gasteiger partial charge in [0.2, 0.25) is 0 Å².